The normalized spacial score (nSPS) is 27.9. The van der Waals surface area contributed by atoms with Crippen molar-refractivity contribution in [1.29, 1.82) is 0 Å². The molecule has 1 aliphatic heterocycles. The Morgan fingerprint density at radius 2 is 2.43 bits per heavy atom. The average molecular weight is 251 g/mol. The van der Waals surface area contributed by atoms with E-state index in [2.05, 4.69) is 6.07 Å². The minimum absolute atomic E-state index is 0.236. The van der Waals surface area contributed by atoms with Crippen LogP contribution >= 0.6 is 34.5 Å². The topological polar surface area (TPSA) is 9.23 Å². The van der Waals surface area contributed by atoms with Crippen molar-refractivity contribution in [3.63, 3.8) is 0 Å². The van der Waals surface area contributed by atoms with Crippen LogP contribution in [0.25, 0.3) is 0 Å². The molecular weight excluding hydrogens is 239 g/mol. The molecule has 1 saturated heterocycles. The number of halogens is 2. The average Bonchev–Trinajstić information content (AvgIpc) is 2.56. The predicted molar refractivity (Wildman–Crippen MR) is 61.6 cm³/mol. The van der Waals surface area contributed by atoms with Gasteiger partial charge in [-0.1, -0.05) is 11.6 Å². The summed E-state index contributed by atoms with van der Waals surface area (Å²) in [5.41, 5.74) is 1.21. The fourth-order valence-corrected chi connectivity index (χ4v) is 2.91. The smallest absolute Gasteiger partial charge is 0.0960 e. The van der Waals surface area contributed by atoms with E-state index >= 15 is 0 Å². The second-order valence-electron chi connectivity index (χ2n) is 3.56. The van der Waals surface area contributed by atoms with Gasteiger partial charge in [-0.3, -0.25) is 0 Å². The third kappa shape index (κ3) is 2.43. The molecule has 4 heteroatoms. The molecule has 0 bridgehead atoms. The quantitative estimate of drug-likeness (QED) is 0.730. The van der Waals surface area contributed by atoms with Crippen molar-refractivity contribution >= 4 is 34.5 Å². The monoisotopic (exact) mass is 250 g/mol. The summed E-state index contributed by atoms with van der Waals surface area (Å²) >= 11 is 13.8. The molecule has 2 rings (SSSR count). The maximum Gasteiger partial charge on any atom is 0.0960 e. The highest BCUT2D eigenvalue weighted by atomic mass is 35.5. The zero-order chi connectivity index (χ0) is 9.97. The van der Waals surface area contributed by atoms with E-state index in [9.17, 15) is 0 Å². The van der Waals surface area contributed by atoms with Crippen LogP contribution in [-0.4, -0.2) is 18.6 Å². The Balaban J connectivity index is 1.99. The maximum atomic E-state index is 6.23. The summed E-state index contributed by atoms with van der Waals surface area (Å²) in [5, 5.41) is 2.25. The lowest BCUT2D eigenvalue weighted by Gasteiger charge is -2.26. The zero-order valence-corrected chi connectivity index (χ0v) is 10.0. The van der Waals surface area contributed by atoms with Gasteiger partial charge < -0.3 is 4.74 Å². The first-order valence-corrected chi connectivity index (χ1v) is 6.40. The fraction of sp³-hybridized carbons (Fsp3) is 0.600. The summed E-state index contributed by atoms with van der Waals surface area (Å²) in [6, 6.07) is 2.07. The number of rotatable bonds is 2. The van der Waals surface area contributed by atoms with E-state index < -0.39 is 0 Å². The molecule has 2 heterocycles. The molecule has 0 N–H and O–H groups in total. The van der Waals surface area contributed by atoms with E-state index in [0.29, 0.717) is 5.92 Å². The van der Waals surface area contributed by atoms with E-state index in [0.717, 1.165) is 30.4 Å². The Bertz CT molecular complexity index is 300. The summed E-state index contributed by atoms with van der Waals surface area (Å²) in [6.45, 7) is 1.56. The predicted octanol–water partition coefficient (Wildman–Crippen LogP) is 3.59. The lowest BCUT2D eigenvalue weighted by Crippen LogP contribution is -2.29. The summed E-state index contributed by atoms with van der Waals surface area (Å²) < 4.78 is 6.31. The molecule has 2 atom stereocenters. The van der Waals surface area contributed by atoms with Crippen LogP contribution in [0.15, 0.2) is 11.4 Å². The lowest BCUT2D eigenvalue weighted by molar-refractivity contribution is 0.0578. The highest BCUT2D eigenvalue weighted by Gasteiger charge is 2.24. The van der Waals surface area contributed by atoms with Gasteiger partial charge in [-0.2, -0.15) is 0 Å². The summed E-state index contributed by atoms with van der Waals surface area (Å²) in [7, 11) is 0. The minimum Gasteiger partial charge on any atom is -0.381 e. The standard InChI is InChI=1S/C10H12Cl2OS/c11-9-1-3-13-6-8(9)5-7-2-4-14-10(7)12/h2,4,8-9H,1,3,5-6H2. The molecule has 1 nitrogen and oxygen atoms in total. The molecule has 14 heavy (non-hydrogen) atoms. The Morgan fingerprint density at radius 3 is 3.07 bits per heavy atom. The third-order valence-electron chi connectivity index (χ3n) is 2.56. The molecule has 1 fully saturated rings. The van der Waals surface area contributed by atoms with Crippen LogP contribution in [0, 0.1) is 5.92 Å². The van der Waals surface area contributed by atoms with Gasteiger partial charge in [0.05, 0.1) is 10.9 Å². The molecule has 0 aromatic carbocycles. The van der Waals surface area contributed by atoms with Crippen molar-refractivity contribution < 1.29 is 4.74 Å². The number of ether oxygens (including phenoxy) is 1. The first-order valence-electron chi connectivity index (χ1n) is 4.71. The van der Waals surface area contributed by atoms with Gasteiger partial charge in [-0.25, -0.2) is 0 Å². The van der Waals surface area contributed by atoms with Gasteiger partial charge in [0.15, 0.2) is 0 Å². The second kappa shape index (κ2) is 4.84. The van der Waals surface area contributed by atoms with E-state index in [1.165, 1.54) is 5.56 Å². The maximum absolute atomic E-state index is 6.23. The van der Waals surface area contributed by atoms with Gasteiger partial charge in [-0.05, 0) is 29.9 Å². The Labute approximate surface area is 98.0 Å². The van der Waals surface area contributed by atoms with Crippen molar-refractivity contribution in [3.05, 3.63) is 21.3 Å². The first kappa shape index (κ1) is 10.7. The third-order valence-corrected chi connectivity index (χ3v) is 4.38. The van der Waals surface area contributed by atoms with Gasteiger partial charge >= 0.3 is 0 Å². The SMILES string of the molecule is Clc1sccc1CC1COCCC1Cl. The lowest BCUT2D eigenvalue weighted by atomic mass is 9.95. The van der Waals surface area contributed by atoms with Crippen molar-refractivity contribution in [3.8, 4) is 0 Å². The largest absolute Gasteiger partial charge is 0.381 e. The van der Waals surface area contributed by atoms with E-state index in [4.69, 9.17) is 27.9 Å². The van der Waals surface area contributed by atoms with E-state index in [1.54, 1.807) is 11.3 Å². The van der Waals surface area contributed by atoms with Crippen LogP contribution in [0.5, 0.6) is 0 Å². The van der Waals surface area contributed by atoms with E-state index in [-0.39, 0.29) is 5.38 Å². The van der Waals surface area contributed by atoms with Crippen molar-refractivity contribution in [1.82, 2.24) is 0 Å². The molecule has 1 aliphatic rings. The van der Waals surface area contributed by atoms with Crippen LogP contribution in [-0.2, 0) is 11.2 Å². The number of thiophene rings is 1. The van der Waals surface area contributed by atoms with Crippen LogP contribution in [0.4, 0.5) is 0 Å². The molecule has 1 aromatic rings. The zero-order valence-electron chi connectivity index (χ0n) is 7.71. The molecular formula is C10H12Cl2OS. The van der Waals surface area contributed by atoms with Gasteiger partial charge in [0.2, 0.25) is 0 Å². The summed E-state index contributed by atoms with van der Waals surface area (Å²) in [6.07, 6.45) is 1.89. The summed E-state index contributed by atoms with van der Waals surface area (Å²) in [4.78, 5) is 0. The molecule has 78 valence electrons. The second-order valence-corrected chi connectivity index (χ2v) is 5.64. The Hall–Kier alpha value is 0.240. The van der Waals surface area contributed by atoms with Gasteiger partial charge in [-0.15, -0.1) is 22.9 Å². The molecule has 0 aliphatic carbocycles. The molecule has 1 aromatic heterocycles. The van der Waals surface area contributed by atoms with Crippen LogP contribution < -0.4 is 0 Å². The highest BCUT2D eigenvalue weighted by Crippen LogP contribution is 2.29. The molecule has 0 radical (unpaired) electrons. The van der Waals surface area contributed by atoms with Crippen molar-refractivity contribution in [2.75, 3.05) is 13.2 Å². The Kier molecular flexibility index (Phi) is 3.72. The first-order chi connectivity index (χ1) is 6.77. The molecule has 0 saturated carbocycles. The van der Waals surface area contributed by atoms with Crippen LogP contribution in [0.1, 0.15) is 12.0 Å². The highest BCUT2D eigenvalue weighted by molar-refractivity contribution is 7.14. The summed E-state index contributed by atoms with van der Waals surface area (Å²) in [5.74, 6) is 0.414. The van der Waals surface area contributed by atoms with Crippen molar-refractivity contribution in [2.24, 2.45) is 5.92 Å². The van der Waals surface area contributed by atoms with Crippen LogP contribution in [0.2, 0.25) is 4.34 Å². The fourth-order valence-electron chi connectivity index (χ4n) is 1.71. The molecule has 2 unspecified atom stereocenters. The number of hydrogen-bond donors (Lipinski definition) is 0. The number of hydrogen-bond acceptors (Lipinski definition) is 2. The van der Waals surface area contributed by atoms with Gasteiger partial charge in [0, 0.05) is 17.9 Å². The van der Waals surface area contributed by atoms with Gasteiger partial charge in [0.25, 0.3) is 0 Å². The van der Waals surface area contributed by atoms with E-state index in [1.807, 2.05) is 5.38 Å². The van der Waals surface area contributed by atoms with Gasteiger partial charge in [0.1, 0.15) is 0 Å². The minimum atomic E-state index is 0.236. The van der Waals surface area contributed by atoms with Crippen molar-refractivity contribution in [2.45, 2.75) is 18.2 Å². The molecule has 0 amide bonds. The molecule has 0 spiro atoms. The van der Waals surface area contributed by atoms with Crippen LogP contribution in [0.3, 0.4) is 0 Å². The Morgan fingerprint density at radius 1 is 1.57 bits per heavy atom. The number of alkyl halides is 1.